The smallest absolute Gasteiger partial charge is 0.118 e. The fraction of sp³-hybridized carbons (Fsp3) is 0.538. The zero-order chi connectivity index (χ0) is 10.9. The number of nitrogens with one attached hydrogen (secondary N) is 1. The molecule has 0 aliphatic heterocycles. The maximum Gasteiger partial charge on any atom is 0.118 e. The Hall–Kier alpha value is -1.02. The normalized spacial score (nSPS) is 19.7. The Morgan fingerprint density at radius 3 is 2.27 bits per heavy atom. The van der Waals surface area contributed by atoms with Crippen LogP contribution in [0.4, 0.5) is 0 Å². The van der Waals surface area contributed by atoms with Crippen LogP contribution in [0.15, 0.2) is 24.3 Å². The summed E-state index contributed by atoms with van der Waals surface area (Å²) >= 11 is 0. The molecule has 1 aliphatic rings. The van der Waals surface area contributed by atoms with Gasteiger partial charge in [-0.1, -0.05) is 19.1 Å². The topological polar surface area (TPSA) is 21.3 Å². The van der Waals surface area contributed by atoms with Gasteiger partial charge in [0.15, 0.2) is 0 Å². The van der Waals surface area contributed by atoms with Crippen LogP contribution in [0.3, 0.4) is 0 Å². The van der Waals surface area contributed by atoms with Crippen LogP contribution in [-0.2, 0) is 0 Å². The van der Waals surface area contributed by atoms with Crippen LogP contribution in [0.25, 0.3) is 0 Å². The average Bonchev–Trinajstić information content (AvgIpc) is 2.99. The molecule has 2 rings (SSSR count). The average molecular weight is 205 g/mol. The summed E-state index contributed by atoms with van der Waals surface area (Å²) in [6, 6.07) is 8.85. The number of hydrogen-bond donors (Lipinski definition) is 1. The Bertz CT molecular complexity index is 327. The summed E-state index contributed by atoms with van der Waals surface area (Å²) in [5.74, 6) is 0.926. The fourth-order valence-electron chi connectivity index (χ4n) is 2.20. The van der Waals surface area contributed by atoms with Crippen LogP contribution >= 0.6 is 0 Å². The molecule has 0 radical (unpaired) electrons. The van der Waals surface area contributed by atoms with Gasteiger partial charge in [-0.25, -0.2) is 0 Å². The van der Waals surface area contributed by atoms with E-state index < -0.39 is 0 Å². The van der Waals surface area contributed by atoms with E-state index in [4.69, 9.17) is 4.74 Å². The van der Waals surface area contributed by atoms with E-state index in [2.05, 4.69) is 24.4 Å². The summed E-state index contributed by atoms with van der Waals surface area (Å²) < 4.78 is 5.16. The Kier molecular flexibility index (Phi) is 2.70. The lowest BCUT2D eigenvalue weighted by Gasteiger charge is -2.23. The number of ether oxygens (including phenoxy) is 1. The molecule has 1 unspecified atom stereocenters. The van der Waals surface area contributed by atoms with Gasteiger partial charge in [-0.15, -0.1) is 0 Å². The van der Waals surface area contributed by atoms with Crippen LogP contribution in [0.1, 0.15) is 31.4 Å². The van der Waals surface area contributed by atoms with Crippen molar-refractivity contribution in [1.29, 1.82) is 0 Å². The Morgan fingerprint density at radius 2 is 1.87 bits per heavy atom. The van der Waals surface area contributed by atoms with E-state index in [9.17, 15) is 0 Å². The molecule has 0 bridgehead atoms. The molecule has 82 valence electrons. The monoisotopic (exact) mass is 205 g/mol. The second-order valence-electron chi connectivity index (χ2n) is 4.65. The van der Waals surface area contributed by atoms with Crippen molar-refractivity contribution in [2.24, 2.45) is 5.41 Å². The first-order valence-corrected chi connectivity index (χ1v) is 5.51. The molecule has 0 heterocycles. The van der Waals surface area contributed by atoms with Gasteiger partial charge in [-0.05, 0) is 43.0 Å². The van der Waals surface area contributed by atoms with Crippen LogP contribution in [0.2, 0.25) is 0 Å². The van der Waals surface area contributed by atoms with E-state index in [-0.39, 0.29) is 0 Å². The third-order valence-electron chi connectivity index (χ3n) is 3.47. The second-order valence-corrected chi connectivity index (χ2v) is 4.65. The van der Waals surface area contributed by atoms with Crippen LogP contribution in [-0.4, -0.2) is 14.2 Å². The molecule has 0 spiro atoms. The van der Waals surface area contributed by atoms with E-state index in [1.165, 1.54) is 18.4 Å². The third-order valence-corrected chi connectivity index (χ3v) is 3.47. The molecular formula is C13H19NO. The minimum atomic E-state index is 0.462. The minimum absolute atomic E-state index is 0.462. The third kappa shape index (κ3) is 2.00. The quantitative estimate of drug-likeness (QED) is 0.816. The highest BCUT2D eigenvalue weighted by Gasteiger charge is 2.44. The SMILES string of the molecule is CNC(c1ccc(OC)cc1)C1(C)CC1. The van der Waals surface area contributed by atoms with E-state index >= 15 is 0 Å². The summed E-state index contributed by atoms with van der Waals surface area (Å²) in [7, 11) is 3.74. The molecule has 2 nitrogen and oxygen atoms in total. The Morgan fingerprint density at radius 1 is 1.27 bits per heavy atom. The molecular weight excluding hydrogens is 186 g/mol. The van der Waals surface area contributed by atoms with Gasteiger partial charge in [0.1, 0.15) is 5.75 Å². The molecule has 15 heavy (non-hydrogen) atoms. The predicted molar refractivity (Wildman–Crippen MR) is 62.1 cm³/mol. The summed E-state index contributed by atoms with van der Waals surface area (Å²) in [6.07, 6.45) is 2.65. The maximum atomic E-state index is 5.16. The fourth-order valence-corrected chi connectivity index (χ4v) is 2.20. The molecule has 1 fully saturated rings. The first kappa shape index (κ1) is 10.5. The minimum Gasteiger partial charge on any atom is -0.497 e. The highest BCUT2D eigenvalue weighted by Crippen LogP contribution is 2.54. The number of methoxy groups -OCH3 is 1. The molecule has 0 aromatic heterocycles. The van der Waals surface area contributed by atoms with Gasteiger partial charge in [0.2, 0.25) is 0 Å². The van der Waals surface area contributed by atoms with Crippen molar-refractivity contribution in [3.05, 3.63) is 29.8 Å². The summed E-state index contributed by atoms with van der Waals surface area (Å²) in [5, 5.41) is 3.42. The van der Waals surface area contributed by atoms with E-state index in [1.54, 1.807) is 7.11 Å². The van der Waals surface area contributed by atoms with Crippen molar-refractivity contribution in [3.8, 4) is 5.75 Å². The molecule has 1 saturated carbocycles. The van der Waals surface area contributed by atoms with Gasteiger partial charge < -0.3 is 10.1 Å². The highest BCUT2D eigenvalue weighted by molar-refractivity contribution is 5.31. The molecule has 1 aromatic rings. The van der Waals surface area contributed by atoms with Crippen molar-refractivity contribution in [3.63, 3.8) is 0 Å². The van der Waals surface area contributed by atoms with Gasteiger partial charge in [0.25, 0.3) is 0 Å². The van der Waals surface area contributed by atoms with Crippen LogP contribution < -0.4 is 10.1 Å². The molecule has 0 saturated heterocycles. The summed E-state index contributed by atoms with van der Waals surface area (Å²) in [6.45, 7) is 2.35. The maximum absolute atomic E-state index is 5.16. The zero-order valence-corrected chi connectivity index (χ0v) is 9.71. The summed E-state index contributed by atoms with van der Waals surface area (Å²) in [4.78, 5) is 0. The highest BCUT2D eigenvalue weighted by atomic mass is 16.5. The first-order chi connectivity index (χ1) is 7.19. The number of hydrogen-bond acceptors (Lipinski definition) is 2. The van der Waals surface area contributed by atoms with Crippen LogP contribution in [0.5, 0.6) is 5.75 Å². The Balaban J connectivity index is 2.19. The van der Waals surface area contributed by atoms with Gasteiger partial charge >= 0.3 is 0 Å². The predicted octanol–water partition coefficient (Wildman–Crippen LogP) is 2.76. The molecule has 0 amide bonds. The van der Waals surface area contributed by atoms with E-state index in [1.807, 2.05) is 19.2 Å². The number of rotatable bonds is 4. The second kappa shape index (κ2) is 3.86. The zero-order valence-electron chi connectivity index (χ0n) is 9.71. The van der Waals surface area contributed by atoms with Crippen LogP contribution in [0, 0.1) is 5.41 Å². The number of benzene rings is 1. The molecule has 1 aromatic carbocycles. The lowest BCUT2D eigenvalue weighted by molar-refractivity contribution is 0.388. The van der Waals surface area contributed by atoms with Crippen molar-refractivity contribution in [2.45, 2.75) is 25.8 Å². The van der Waals surface area contributed by atoms with E-state index in [0.717, 1.165) is 5.75 Å². The van der Waals surface area contributed by atoms with Crippen molar-refractivity contribution < 1.29 is 4.74 Å². The van der Waals surface area contributed by atoms with E-state index in [0.29, 0.717) is 11.5 Å². The standard InChI is InChI=1S/C13H19NO/c1-13(8-9-13)12(14-2)10-4-6-11(15-3)7-5-10/h4-7,12,14H,8-9H2,1-3H3. The van der Waals surface area contributed by atoms with Gasteiger partial charge in [-0.3, -0.25) is 0 Å². The van der Waals surface area contributed by atoms with Crippen molar-refractivity contribution >= 4 is 0 Å². The van der Waals surface area contributed by atoms with Gasteiger partial charge in [-0.2, -0.15) is 0 Å². The molecule has 1 aliphatic carbocycles. The van der Waals surface area contributed by atoms with Gasteiger partial charge in [0, 0.05) is 6.04 Å². The first-order valence-electron chi connectivity index (χ1n) is 5.51. The molecule has 2 heteroatoms. The lowest BCUT2D eigenvalue weighted by atomic mass is 9.92. The van der Waals surface area contributed by atoms with Crippen molar-refractivity contribution in [1.82, 2.24) is 5.32 Å². The molecule has 1 atom stereocenters. The molecule has 1 N–H and O–H groups in total. The largest absolute Gasteiger partial charge is 0.497 e. The Labute approximate surface area is 91.6 Å². The summed E-state index contributed by atoms with van der Waals surface area (Å²) in [5.41, 5.74) is 1.82. The lowest BCUT2D eigenvalue weighted by Crippen LogP contribution is -2.24. The van der Waals surface area contributed by atoms with Crippen molar-refractivity contribution in [2.75, 3.05) is 14.2 Å². The van der Waals surface area contributed by atoms with Gasteiger partial charge in [0.05, 0.1) is 7.11 Å².